The molecule has 2 aromatic heterocycles. The van der Waals surface area contributed by atoms with Crippen molar-refractivity contribution in [3.8, 4) is 0 Å². The topological polar surface area (TPSA) is 81.8 Å². The smallest absolute Gasteiger partial charge is 0.261 e. The van der Waals surface area contributed by atoms with Crippen molar-refractivity contribution in [2.24, 2.45) is 0 Å². The van der Waals surface area contributed by atoms with Gasteiger partial charge in [-0.1, -0.05) is 35.3 Å². The predicted molar refractivity (Wildman–Crippen MR) is 112 cm³/mol. The fourth-order valence-electron chi connectivity index (χ4n) is 2.98. The third-order valence-corrected chi connectivity index (χ3v) is 5.29. The Morgan fingerprint density at radius 1 is 1.17 bits per heavy atom. The molecule has 0 saturated heterocycles. The first-order chi connectivity index (χ1) is 14.4. The maximum Gasteiger partial charge on any atom is 0.261 e. The van der Waals surface area contributed by atoms with Gasteiger partial charge in [0.1, 0.15) is 18.2 Å². The van der Waals surface area contributed by atoms with E-state index in [1.807, 2.05) is 0 Å². The summed E-state index contributed by atoms with van der Waals surface area (Å²) in [6, 6.07) is 10.6. The van der Waals surface area contributed by atoms with Gasteiger partial charge in [-0.3, -0.25) is 14.2 Å². The molecule has 0 bridgehead atoms. The number of fused-ring (bicyclic) bond motifs is 1. The van der Waals surface area contributed by atoms with E-state index in [-0.39, 0.29) is 11.9 Å². The van der Waals surface area contributed by atoms with Crippen LogP contribution in [0, 0.1) is 5.82 Å². The minimum atomic E-state index is -0.549. The van der Waals surface area contributed by atoms with Crippen molar-refractivity contribution in [2.75, 3.05) is 5.32 Å². The van der Waals surface area contributed by atoms with E-state index in [1.165, 1.54) is 24.7 Å². The molecule has 2 aromatic carbocycles. The van der Waals surface area contributed by atoms with Crippen LogP contribution in [-0.4, -0.2) is 25.2 Å². The molecule has 0 spiro atoms. The number of nitrogens with zero attached hydrogens (tertiary/aromatic N) is 4. The summed E-state index contributed by atoms with van der Waals surface area (Å²) in [6.45, 7) is 0.000149. The van der Waals surface area contributed by atoms with Crippen molar-refractivity contribution in [1.82, 2.24) is 19.3 Å². The molecule has 0 atom stereocenters. The lowest BCUT2D eigenvalue weighted by Crippen LogP contribution is -2.28. The second kappa shape index (κ2) is 8.25. The molecule has 2 heterocycles. The van der Waals surface area contributed by atoms with E-state index >= 15 is 0 Å². The van der Waals surface area contributed by atoms with Gasteiger partial charge in [0.15, 0.2) is 0 Å². The number of hydrogen-bond acceptors (Lipinski definition) is 4. The summed E-state index contributed by atoms with van der Waals surface area (Å²) in [4.78, 5) is 29.1. The third-order valence-electron chi connectivity index (χ3n) is 4.44. The zero-order chi connectivity index (χ0) is 21.3. The lowest BCUT2D eigenvalue weighted by Gasteiger charge is -2.11. The van der Waals surface area contributed by atoms with Gasteiger partial charge < -0.3 is 5.32 Å². The van der Waals surface area contributed by atoms with Gasteiger partial charge in [-0.15, -0.1) is 0 Å². The van der Waals surface area contributed by atoms with E-state index in [9.17, 15) is 14.0 Å². The van der Waals surface area contributed by atoms with Crippen LogP contribution in [0.5, 0.6) is 0 Å². The lowest BCUT2D eigenvalue weighted by atomic mass is 10.2. The fourth-order valence-corrected chi connectivity index (χ4v) is 3.36. The molecular formula is C20H14Cl2FN5O2. The summed E-state index contributed by atoms with van der Waals surface area (Å²) in [5, 5.41) is 7.83. The number of anilines is 1. The number of hydrogen-bond donors (Lipinski definition) is 1. The Morgan fingerprint density at radius 2 is 2.00 bits per heavy atom. The summed E-state index contributed by atoms with van der Waals surface area (Å²) < 4.78 is 16.1. The summed E-state index contributed by atoms with van der Waals surface area (Å²) in [7, 11) is 0. The molecule has 0 radical (unpaired) electrons. The third kappa shape index (κ3) is 4.05. The summed E-state index contributed by atoms with van der Waals surface area (Å²) >= 11 is 12.3. The molecule has 10 heteroatoms. The molecule has 7 nitrogen and oxygen atoms in total. The van der Waals surface area contributed by atoms with Crippen molar-refractivity contribution in [1.29, 1.82) is 0 Å². The highest BCUT2D eigenvalue weighted by Gasteiger charge is 2.13. The zero-order valence-electron chi connectivity index (χ0n) is 15.3. The Bertz CT molecular complexity index is 1320. The SMILES string of the molecule is O=C(Cn1cnc2ccc(F)cc2c1=O)Nc1ccnn1Cc1cccc(Cl)c1Cl. The van der Waals surface area contributed by atoms with Crippen LogP contribution in [-0.2, 0) is 17.9 Å². The van der Waals surface area contributed by atoms with E-state index < -0.39 is 17.3 Å². The first-order valence-corrected chi connectivity index (χ1v) is 9.57. The van der Waals surface area contributed by atoms with E-state index in [4.69, 9.17) is 23.2 Å². The van der Waals surface area contributed by atoms with Gasteiger partial charge in [-0.2, -0.15) is 5.10 Å². The minimum absolute atomic E-state index is 0.103. The molecule has 0 aliphatic heterocycles. The van der Waals surface area contributed by atoms with Gasteiger partial charge in [0.25, 0.3) is 5.56 Å². The minimum Gasteiger partial charge on any atom is -0.309 e. The molecule has 0 saturated carbocycles. The van der Waals surface area contributed by atoms with E-state index in [1.54, 1.807) is 28.9 Å². The summed E-state index contributed by atoms with van der Waals surface area (Å²) in [5.74, 6) is -0.593. The van der Waals surface area contributed by atoms with Crippen LogP contribution in [0.4, 0.5) is 10.2 Å². The highest BCUT2D eigenvalue weighted by molar-refractivity contribution is 6.42. The molecule has 0 fully saturated rings. The standard InChI is InChI=1S/C20H14Cl2FN5O2/c21-15-3-1-2-12(19(15)22)9-28-17(6-7-25-28)26-18(29)10-27-11-24-16-5-4-13(23)8-14(16)20(27)30/h1-8,11H,9-10H2,(H,26,29). The van der Waals surface area contributed by atoms with Crippen molar-refractivity contribution in [2.45, 2.75) is 13.1 Å². The van der Waals surface area contributed by atoms with Crippen LogP contribution >= 0.6 is 23.2 Å². The van der Waals surface area contributed by atoms with E-state index in [0.717, 1.165) is 16.2 Å². The van der Waals surface area contributed by atoms with Crippen molar-refractivity contribution in [3.05, 3.63) is 86.8 Å². The molecule has 0 aliphatic carbocycles. The first kappa shape index (κ1) is 20.1. The van der Waals surface area contributed by atoms with Crippen LogP contribution in [0.25, 0.3) is 10.9 Å². The number of benzene rings is 2. The number of carbonyl (C=O) groups excluding carboxylic acids is 1. The largest absolute Gasteiger partial charge is 0.309 e. The molecular weight excluding hydrogens is 432 g/mol. The normalized spacial score (nSPS) is 11.0. The van der Waals surface area contributed by atoms with Crippen LogP contribution in [0.15, 0.2) is 59.8 Å². The average molecular weight is 446 g/mol. The Morgan fingerprint density at radius 3 is 2.83 bits per heavy atom. The number of nitrogens with one attached hydrogen (secondary N) is 1. The Balaban J connectivity index is 1.53. The fraction of sp³-hybridized carbons (Fsp3) is 0.100. The maximum absolute atomic E-state index is 13.5. The molecule has 4 aromatic rings. The zero-order valence-corrected chi connectivity index (χ0v) is 16.9. The van der Waals surface area contributed by atoms with Crippen LogP contribution < -0.4 is 10.9 Å². The van der Waals surface area contributed by atoms with E-state index in [2.05, 4.69) is 15.4 Å². The second-order valence-corrected chi connectivity index (χ2v) is 7.26. The van der Waals surface area contributed by atoms with Gasteiger partial charge in [0.05, 0.1) is 40.0 Å². The highest BCUT2D eigenvalue weighted by Crippen LogP contribution is 2.26. The molecule has 4 rings (SSSR count). The number of amides is 1. The van der Waals surface area contributed by atoms with Gasteiger partial charge in [0, 0.05) is 6.07 Å². The number of carbonyl (C=O) groups is 1. The molecule has 0 aliphatic rings. The Kier molecular flexibility index (Phi) is 5.52. The molecule has 152 valence electrons. The second-order valence-electron chi connectivity index (χ2n) is 6.47. The van der Waals surface area contributed by atoms with Gasteiger partial charge in [-0.05, 0) is 29.8 Å². The van der Waals surface area contributed by atoms with Crippen molar-refractivity contribution >= 4 is 45.8 Å². The van der Waals surface area contributed by atoms with Crippen LogP contribution in [0.3, 0.4) is 0 Å². The van der Waals surface area contributed by atoms with E-state index in [0.29, 0.717) is 27.9 Å². The molecule has 1 amide bonds. The number of rotatable bonds is 5. The first-order valence-electron chi connectivity index (χ1n) is 8.81. The quantitative estimate of drug-likeness (QED) is 0.507. The Labute approximate surface area is 179 Å². The number of aromatic nitrogens is 4. The lowest BCUT2D eigenvalue weighted by molar-refractivity contribution is -0.116. The van der Waals surface area contributed by atoms with Crippen molar-refractivity contribution in [3.63, 3.8) is 0 Å². The van der Waals surface area contributed by atoms with Crippen LogP contribution in [0.1, 0.15) is 5.56 Å². The average Bonchev–Trinajstić information content (AvgIpc) is 3.14. The van der Waals surface area contributed by atoms with Crippen LogP contribution in [0.2, 0.25) is 10.0 Å². The summed E-state index contributed by atoms with van der Waals surface area (Å²) in [5.41, 5.74) is 0.587. The van der Waals surface area contributed by atoms with Gasteiger partial charge in [-0.25, -0.2) is 14.1 Å². The highest BCUT2D eigenvalue weighted by atomic mass is 35.5. The Hall–Kier alpha value is -3.23. The maximum atomic E-state index is 13.5. The van der Waals surface area contributed by atoms with Crippen molar-refractivity contribution < 1.29 is 9.18 Å². The summed E-state index contributed by atoms with van der Waals surface area (Å²) in [6.07, 6.45) is 2.78. The predicted octanol–water partition coefficient (Wildman–Crippen LogP) is 3.73. The monoisotopic (exact) mass is 445 g/mol. The molecule has 1 N–H and O–H groups in total. The molecule has 0 unspecified atom stereocenters. The van der Waals surface area contributed by atoms with Gasteiger partial charge in [0.2, 0.25) is 5.91 Å². The molecule has 30 heavy (non-hydrogen) atoms. The number of halogens is 3. The van der Waals surface area contributed by atoms with Gasteiger partial charge >= 0.3 is 0 Å².